The highest BCUT2D eigenvalue weighted by atomic mass is 16.5. The summed E-state index contributed by atoms with van der Waals surface area (Å²) in [6.07, 6.45) is 3.20. The van der Waals surface area contributed by atoms with Crippen LogP contribution in [-0.4, -0.2) is 17.2 Å². The summed E-state index contributed by atoms with van der Waals surface area (Å²) < 4.78 is 5.00. The van der Waals surface area contributed by atoms with Gasteiger partial charge >= 0.3 is 0 Å². The molecular formula is C16H19NO2. The number of rotatable bonds is 5. The van der Waals surface area contributed by atoms with Crippen LogP contribution in [0.5, 0.6) is 5.88 Å². The average Bonchev–Trinajstić information content (AvgIpc) is 2.48. The van der Waals surface area contributed by atoms with Crippen molar-refractivity contribution in [1.82, 2.24) is 4.98 Å². The lowest BCUT2D eigenvalue weighted by Crippen LogP contribution is -2.01. The standard InChI is InChI=1S/C16H19NO2/c1-3-4-12-5-7-13(8-6-12)16(18)14-9-10-15(19-2)17-11-14/h5-11,16,18H,3-4H2,1-2H3. The van der Waals surface area contributed by atoms with Crippen molar-refractivity contribution in [3.63, 3.8) is 0 Å². The molecule has 19 heavy (non-hydrogen) atoms. The Morgan fingerprint density at radius 2 is 1.79 bits per heavy atom. The molecule has 100 valence electrons. The minimum absolute atomic E-state index is 0.550. The molecule has 0 radical (unpaired) electrons. The highest BCUT2D eigenvalue weighted by molar-refractivity contribution is 5.31. The molecule has 1 heterocycles. The summed E-state index contributed by atoms with van der Waals surface area (Å²) in [5.74, 6) is 0.550. The third-order valence-corrected chi connectivity index (χ3v) is 3.12. The molecular weight excluding hydrogens is 238 g/mol. The molecule has 3 heteroatoms. The minimum atomic E-state index is -0.644. The fraction of sp³-hybridized carbons (Fsp3) is 0.312. The van der Waals surface area contributed by atoms with E-state index < -0.39 is 6.10 Å². The first-order valence-electron chi connectivity index (χ1n) is 6.51. The van der Waals surface area contributed by atoms with Crippen molar-refractivity contribution in [2.45, 2.75) is 25.9 Å². The third kappa shape index (κ3) is 3.32. The number of ether oxygens (including phenoxy) is 1. The first-order valence-corrected chi connectivity index (χ1v) is 6.51. The second-order valence-corrected chi connectivity index (χ2v) is 4.53. The molecule has 3 nitrogen and oxygen atoms in total. The monoisotopic (exact) mass is 257 g/mol. The Kier molecular flexibility index (Phi) is 4.53. The molecule has 1 aromatic carbocycles. The third-order valence-electron chi connectivity index (χ3n) is 3.12. The van der Waals surface area contributed by atoms with E-state index in [2.05, 4.69) is 24.0 Å². The van der Waals surface area contributed by atoms with Gasteiger partial charge < -0.3 is 9.84 Å². The first-order chi connectivity index (χ1) is 9.24. The number of benzene rings is 1. The summed E-state index contributed by atoms with van der Waals surface area (Å²) in [6.45, 7) is 2.16. The van der Waals surface area contributed by atoms with E-state index in [-0.39, 0.29) is 0 Å². The summed E-state index contributed by atoms with van der Waals surface area (Å²) in [5.41, 5.74) is 2.95. The van der Waals surface area contributed by atoms with Crippen LogP contribution in [0.15, 0.2) is 42.6 Å². The number of pyridine rings is 1. The fourth-order valence-corrected chi connectivity index (χ4v) is 2.02. The molecule has 1 atom stereocenters. The van der Waals surface area contributed by atoms with Gasteiger partial charge in [0, 0.05) is 17.8 Å². The summed E-state index contributed by atoms with van der Waals surface area (Å²) in [7, 11) is 1.57. The van der Waals surface area contributed by atoms with E-state index in [1.54, 1.807) is 19.4 Å². The van der Waals surface area contributed by atoms with E-state index in [1.165, 1.54) is 5.56 Å². The summed E-state index contributed by atoms with van der Waals surface area (Å²) >= 11 is 0. The van der Waals surface area contributed by atoms with E-state index in [4.69, 9.17) is 4.74 Å². The lowest BCUT2D eigenvalue weighted by molar-refractivity contribution is 0.219. The molecule has 0 aliphatic carbocycles. The van der Waals surface area contributed by atoms with Crippen LogP contribution >= 0.6 is 0 Å². The fourth-order valence-electron chi connectivity index (χ4n) is 2.02. The van der Waals surface area contributed by atoms with Crippen LogP contribution in [-0.2, 0) is 6.42 Å². The lowest BCUT2D eigenvalue weighted by Gasteiger charge is -2.12. The van der Waals surface area contributed by atoms with Crippen LogP contribution in [0.4, 0.5) is 0 Å². The molecule has 0 bridgehead atoms. The Morgan fingerprint density at radius 3 is 2.32 bits per heavy atom. The Labute approximate surface area is 113 Å². The van der Waals surface area contributed by atoms with Gasteiger partial charge in [-0.2, -0.15) is 0 Å². The SMILES string of the molecule is CCCc1ccc(C(O)c2ccc(OC)nc2)cc1. The number of aryl methyl sites for hydroxylation is 1. The van der Waals surface area contributed by atoms with Crippen molar-refractivity contribution >= 4 is 0 Å². The Morgan fingerprint density at radius 1 is 1.11 bits per heavy atom. The topological polar surface area (TPSA) is 42.4 Å². The largest absolute Gasteiger partial charge is 0.481 e. The number of aromatic nitrogens is 1. The van der Waals surface area contributed by atoms with Gasteiger partial charge in [0.15, 0.2) is 0 Å². The maximum absolute atomic E-state index is 10.3. The summed E-state index contributed by atoms with van der Waals surface area (Å²) in [6, 6.07) is 11.7. The van der Waals surface area contributed by atoms with Crippen molar-refractivity contribution in [2.75, 3.05) is 7.11 Å². The molecule has 1 aromatic heterocycles. The van der Waals surface area contributed by atoms with Gasteiger partial charge in [-0.25, -0.2) is 4.98 Å². The second-order valence-electron chi connectivity index (χ2n) is 4.53. The minimum Gasteiger partial charge on any atom is -0.481 e. The normalized spacial score (nSPS) is 12.2. The highest BCUT2D eigenvalue weighted by Gasteiger charge is 2.10. The van der Waals surface area contributed by atoms with Crippen LogP contribution in [0, 0.1) is 0 Å². The molecule has 2 aromatic rings. The Hall–Kier alpha value is -1.87. The van der Waals surface area contributed by atoms with Crippen LogP contribution in [0.25, 0.3) is 0 Å². The zero-order chi connectivity index (χ0) is 13.7. The van der Waals surface area contributed by atoms with Crippen LogP contribution in [0.3, 0.4) is 0 Å². The summed E-state index contributed by atoms with van der Waals surface area (Å²) in [5, 5.41) is 10.3. The lowest BCUT2D eigenvalue weighted by atomic mass is 10.0. The molecule has 0 fully saturated rings. The predicted molar refractivity (Wildman–Crippen MR) is 75.3 cm³/mol. The Bertz CT molecular complexity index is 505. The van der Waals surface area contributed by atoms with Gasteiger partial charge in [0.25, 0.3) is 0 Å². The van der Waals surface area contributed by atoms with Crippen LogP contribution in [0.1, 0.15) is 36.1 Å². The number of hydrogen-bond acceptors (Lipinski definition) is 3. The number of nitrogens with zero attached hydrogens (tertiary/aromatic N) is 1. The molecule has 0 spiro atoms. The van der Waals surface area contributed by atoms with Gasteiger partial charge in [-0.15, -0.1) is 0 Å². The summed E-state index contributed by atoms with van der Waals surface area (Å²) in [4.78, 5) is 4.11. The zero-order valence-corrected chi connectivity index (χ0v) is 11.3. The van der Waals surface area contributed by atoms with Gasteiger partial charge in [0.05, 0.1) is 7.11 Å². The van der Waals surface area contributed by atoms with Crippen molar-refractivity contribution < 1.29 is 9.84 Å². The number of methoxy groups -OCH3 is 1. The molecule has 0 amide bonds. The molecule has 0 saturated heterocycles. The van der Waals surface area contributed by atoms with Crippen molar-refractivity contribution in [3.8, 4) is 5.88 Å². The average molecular weight is 257 g/mol. The second kappa shape index (κ2) is 6.34. The van der Waals surface area contributed by atoms with Gasteiger partial charge in [-0.3, -0.25) is 0 Å². The quantitative estimate of drug-likeness (QED) is 0.894. The number of aliphatic hydroxyl groups is 1. The smallest absolute Gasteiger partial charge is 0.212 e. The van der Waals surface area contributed by atoms with E-state index in [1.807, 2.05) is 18.2 Å². The molecule has 0 saturated carbocycles. The molecule has 1 unspecified atom stereocenters. The maximum Gasteiger partial charge on any atom is 0.212 e. The van der Waals surface area contributed by atoms with E-state index in [0.29, 0.717) is 5.88 Å². The first kappa shape index (κ1) is 13.6. The Balaban J connectivity index is 2.15. The van der Waals surface area contributed by atoms with E-state index in [0.717, 1.165) is 24.0 Å². The van der Waals surface area contributed by atoms with E-state index >= 15 is 0 Å². The van der Waals surface area contributed by atoms with Crippen molar-refractivity contribution in [2.24, 2.45) is 0 Å². The highest BCUT2D eigenvalue weighted by Crippen LogP contribution is 2.23. The number of aliphatic hydroxyl groups excluding tert-OH is 1. The maximum atomic E-state index is 10.3. The van der Waals surface area contributed by atoms with Crippen LogP contribution in [0.2, 0.25) is 0 Å². The molecule has 0 aliphatic heterocycles. The van der Waals surface area contributed by atoms with Gasteiger partial charge in [0.2, 0.25) is 5.88 Å². The van der Waals surface area contributed by atoms with Gasteiger partial charge in [-0.05, 0) is 23.6 Å². The van der Waals surface area contributed by atoms with Gasteiger partial charge in [0.1, 0.15) is 6.10 Å². The molecule has 1 N–H and O–H groups in total. The van der Waals surface area contributed by atoms with Crippen molar-refractivity contribution in [3.05, 3.63) is 59.3 Å². The van der Waals surface area contributed by atoms with E-state index in [9.17, 15) is 5.11 Å². The van der Waals surface area contributed by atoms with Gasteiger partial charge in [-0.1, -0.05) is 37.6 Å². The number of hydrogen-bond donors (Lipinski definition) is 1. The van der Waals surface area contributed by atoms with Crippen molar-refractivity contribution in [1.29, 1.82) is 0 Å². The zero-order valence-electron chi connectivity index (χ0n) is 11.3. The predicted octanol–water partition coefficient (Wildman–Crippen LogP) is 3.12. The van der Waals surface area contributed by atoms with Crippen LogP contribution < -0.4 is 4.74 Å². The molecule has 0 aliphatic rings. The molecule has 2 rings (SSSR count).